The number of rotatable bonds is 3. The minimum Gasteiger partial charge on any atom is -0.326 e. The molecule has 13 heavy (non-hydrogen) atoms. The van der Waals surface area contributed by atoms with Crippen molar-refractivity contribution in [3.63, 3.8) is 0 Å². The van der Waals surface area contributed by atoms with E-state index < -0.39 is 0 Å². The van der Waals surface area contributed by atoms with E-state index in [-0.39, 0.29) is 0 Å². The monoisotopic (exact) mass is 181 g/mol. The van der Waals surface area contributed by atoms with Crippen LogP contribution in [0.25, 0.3) is 0 Å². The molecule has 1 aromatic heterocycles. The van der Waals surface area contributed by atoms with Crippen molar-refractivity contribution in [2.45, 2.75) is 19.0 Å². The Balaban J connectivity index is 1.74. The number of likely N-dealkylation sites (tertiary alicyclic amines) is 1. The standard InChI is InChI=1S/C8H15N5/c9-8-1-2-12(5-8)3-4-13-7-10-6-11-13/h6-8H,1-5,9H2. The van der Waals surface area contributed by atoms with Crippen molar-refractivity contribution in [1.29, 1.82) is 0 Å². The molecule has 0 saturated carbocycles. The molecule has 2 rings (SSSR count). The van der Waals surface area contributed by atoms with Crippen molar-refractivity contribution in [1.82, 2.24) is 19.7 Å². The van der Waals surface area contributed by atoms with Crippen LogP contribution in [0, 0.1) is 0 Å². The van der Waals surface area contributed by atoms with Gasteiger partial charge in [0, 0.05) is 19.1 Å². The second-order valence-corrected chi connectivity index (χ2v) is 3.51. The van der Waals surface area contributed by atoms with Crippen molar-refractivity contribution < 1.29 is 0 Å². The van der Waals surface area contributed by atoms with Gasteiger partial charge in [0.2, 0.25) is 0 Å². The summed E-state index contributed by atoms with van der Waals surface area (Å²) in [4.78, 5) is 6.26. The summed E-state index contributed by atoms with van der Waals surface area (Å²) in [5, 5.41) is 4.04. The molecule has 5 heteroatoms. The molecule has 1 aromatic rings. The smallest absolute Gasteiger partial charge is 0.137 e. The molecule has 1 aliphatic heterocycles. The summed E-state index contributed by atoms with van der Waals surface area (Å²) in [6.45, 7) is 4.08. The topological polar surface area (TPSA) is 60.0 Å². The van der Waals surface area contributed by atoms with Crippen LogP contribution in [-0.2, 0) is 6.54 Å². The van der Waals surface area contributed by atoms with E-state index in [1.807, 2.05) is 4.68 Å². The lowest BCUT2D eigenvalue weighted by atomic mass is 10.3. The van der Waals surface area contributed by atoms with E-state index in [1.54, 1.807) is 12.7 Å². The average Bonchev–Trinajstić information content (AvgIpc) is 2.71. The van der Waals surface area contributed by atoms with E-state index in [2.05, 4.69) is 15.0 Å². The van der Waals surface area contributed by atoms with Crippen LogP contribution in [-0.4, -0.2) is 45.3 Å². The van der Waals surface area contributed by atoms with Crippen LogP contribution in [0.2, 0.25) is 0 Å². The van der Waals surface area contributed by atoms with Gasteiger partial charge in [-0.15, -0.1) is 0 Å². The second kappa shape index (κ2) is 3.85. The predicted molar refractivity (Wildman–Crippen MR) is 49.1 cm³/mol. The molecule has 1 unspecified atom stereocenters. The van der Waals surface area contributed by atoms with Crippen molar-refractivity contribution in [3.8, 4) is 0 Å². The fourth-order valence-electron chi connectivity index (χ4n) is 1.66. The van der Waals surface area contributed by atoms with Crippen LogP contribution in [0.1, 0.15) is 6.42 Å². The molecule has 0 radical (unpaired) electrons. The first-order chi connectivity index (χ1) is 6.34. The van der Waals surface area contributed by atoms with Gasteiger partial charge in [0.15, 0.2) is 0 Å². The van der Waals surface area contributed by atoms with Crippen molar-refractivity contribution >= 4 is 0 Å². The molecule has 0 aromatic carbocycles. The van der Waals surface area contributed by atoms with Crippen LogP contribution in [0.4, 0.5) is 0 Å². The van der Waals surface area contributed by atoms with Gasteiger partial charge in [-0.05, 0) is 13.0 Å². The summed E-state index contributed by atoms with van der Waals surface area (Å²) in [7, 11) is 0. The highest BCUT2D eigenvalue weighted by Gasteiger charge is 2.18. The van der Waals surface area contributed by atoms with Gasteiger partial charge in [-0.2, -0.15) is 5.10 Å². The Bertz CT molecular complexity index is 245. The minimum atomic E-state index is 0.371. The van der Waals surface area contributed by atoms with Crippen molar-refractivity contribution in [3.05, 3.63) is 12.7 Å². The van der Waals surface area contributed by atoms with Gasteiger partial charge < -0.3 is 5.73 Å². The van der Waals surface area contributed by atoms with Crippen LogP contribution < -0.4 is 5.73 Å². The lowest BCUT2D eigenvalue weighted by molar-refractivity contribution is 0.312. The number of hydrogen-bond donors (Lipinski definition) is 1. The summed E-state index contributed by atoms with van der Waals surface area (Å²) in [6, 6.07) is 0.371. The first-order valence-corrected chi connectivity index (χ1v) is 4.65. The van der Waals surface area contributed by atoms with Crippen LogP contribution >= 0.6 is 0 Å². The minimum absolute atomic E-state index is 0.371. The molecule has 1 fully saturated rings. The Morgan fingerprint density at radius 2 is 2.38 bits per heavy atom. The zero-order chi connectivity index (χ0) is 9.10. The van der Waals surface area contributed by atoms with Gasteiger partial charge in [-0.1, -0.05) is 0 Å². The normalized spacial score (nSPS) is 23.9. The largest absolute Gasteiger partial charge is 0.326 e. The first-order valence-electron chi connectivity index (χ1n) is 4.65. The van der Waals surface area contributed by atoms with Crippen molar-refractivity contribution in [2.24, 2.45) is 5.73 Å². The molecule has 1 saturated heterocycles. The first kappa shape index (κ1) is 8.65. The van der Waals surface area contributed by atoms with Gasteiger partial charge in [0.1, 0.15) is 12.7 Å². The van der Waals surface area contributed by atoms with Crippen LogP contribution in [0.3, 0.4) is 0 Å². The van der Waals surface area contributed by atoms with Crippen LogP contribution in [0.15, 0.2) is 12.7 Å². The lowest BCUT2D eigenvalue weighted by Gasteiger charge is -2.14. The summed E-state index contributed by atoms with van der Waals surface area (Å²) in [5.41, 5.74) is 5.80. The molecule has 5 nitrogen and oxygen atoms in total. The molecule has 0 aliphatic carbocycles. The number of hydrogen-bond acceptors (Lipinski definition) is 4. The van der Waals surface area contributed by atoms with Crippen LogP contribution in [0.5, 0.6) is 0 Å². The number of aromatic nitrogens is 3. The van der Waals surface area contributed by atoms with Gasteiger partial charge in [-0.3, -0.25) is 9.58 Å². The zero-order valence-electron chi connectivity index (χ0n) is 7.63. The third-order valence-corrected chi connectivity index (χ3v) is 2.42. The second-order valence-electron chi connectivity index (χ2n) is 3.51. The third-order valence-electron chi connectivity index (χ3n) is 2.42. The Morgan fingerprint density at radius 1 is 1.46 bits per heavy atom. The fraction of sp³-hybridized carbons (Fsp3) is 0.750. The maximum atomic E-state index is 5.80. The molecule has 72 valence electrons. The molecule has 1 atom stereocenters. The summed E-state index contributed by atoms with van der Waals surface area (Å²) < 4.78 is 1.85. The number of nitrogens with two attached hydrogens (primary N) is 1. The van der Waals surface area contributed by atoms with E-state index in [9.17, 15) is 0 Å². The maximum absolute atomic E-state index is 5.80. The van der Waals surface area contributed by atoms with E-state index in [1.165, 1.54) is 0 Å². The summed E-state index contributed by atoms with van der Waals surface area (Å²) in [6.07, 6.45) is 4.43. The lowest BCUT2D eigenvalue weighted by Crippen LogP contribution is -2.29. The molecular weight excluding hydrogens is 166 g/mol. The number of nitrogens with zero attached hydrogens (tertiary/aromatic N) is 4. The third kappa shape index (κ3) is 2.26. The predicted octanol–water partition coefficient (Wildman–Crippen LogP) is -0.689. The zero-order valence-corrected chi connectivity index (χ0v) is 7.63. The van der Waals surface area contributed by atoms with E-state index in [0.29, 0.717) is 6.04 Å². The molecule has 0 spiro atoms. The molecule has 2 heterocycles. The van der Waals surface area contributed by atoms with Gasteiger partial charge in [0.05, 0.1) is 6.54 Å². The quantitative estimate of drug-likeness (QED) is 0.670. The molecule has 0 amide bonds. The fourth-order valence-corrected chi connectivity index (χ4v) is 1.66. The van der Waals surface area contributed by atoms with Gasteiger partial charge in [0.25, 0.3) is 0 Å². The average molecular weight is 181 g/mol. The molecule has 2 N–H and O–H groups in total. The highest BCUT2D eigenvalue weighted by atomic mass is 15.3. The Hall–Kier alpha value is -0.940. The molecule has 1 aliphatic rings. The summed E-state index contributed by atoms with van der Waals surface area (Å²) >= 11 is 0. The molecular formula is C8H15N5. The molecule has 0 bridgehead atoms. The Labute approximate surface area is 77.5 Å². The highest BCUT2D eigenvalue weighted by Crippen LogP contribution is 2.05. The van der Waals surface area contributed by atoms with Gasteiger partial charge >= 0.3 is 0 Å². The Kier molecular flexibility index (Phi) is 2.56. The van der Waals surface area contributed by atoms with E-state index >= 15 is 0 Å². The van der Waals surface area contributed by atoms with E-state index in [4.69, 9.17) is 5.73 Å². The SMILES string of the molecule is NC1CCN(CCn2cncn2)C1. The Morgan fingerprint density at radius 3 is 3.00 bits per heavy atom. The van der Waals surface area contributed by atoms with Gasteiger partial charge in [-0.25, -0.2) is 4.98 Å². The van der Waals surface area contributed by atoms with E-state index in [0.717, 1.165) is 32.6 Å². The summed E-state index contributed by atoms with van der Waals surface area (Å²) in [5.74, 6) is 0. The maximum Gasteiger partial charge on any atom is 0.137 e. The van der Waals surface area contributed by atoms with Crippen molar-refractivity contribution in [2.75, 3.05) is 19.6 Å². The highest BCUT2D eigenvalue weighted by molar-refractivity contribution is 4.77.